The van der Waals surface area contributed by atoms with Crippen molar-refractivity contribution < 1.29 is 17.9 Å². The number of sulfonamides is 1. The minimum Gasteiger partial charge on any atom is -0.493 e. The van der Waals surface area contributed by atoms with Crippen molar-refractivity contribution in [1.29, 1.82) is 0 Å². The SMILES string of the molecule is COc1ccc(C2Nc3ccc(S(=O)(=O)NC(C)C)cc3C3C=CCC32)cc1OC. The Morgan fingerprint density at radius 2 is 1.83 bits per heavy atom. The molecule has 0 fully saturated rings. The fourth-order valence-corrected chi connectivity index (χ4v) is 5.78. The first-order chi connectivity index (χ1) is 14.3. The van der Waals surface area contributed by atoms with E-state index in [0.717, 1.165) is 23.2 Å². The molecule has 0 saturated carbocycles. The van der Waals surface area contributed by atoms with E-state index in [-0.39, 0.29) is 18.0 Å². The number of hydrogen-bond donors (Lipinski definition) is 2. The zero-order valence-electron chi connectivity index (χ0n) is 17.7. The van der Waals surface area contributed by atoms with Crippen LogP contribution >= 0.6 is 0 Å². The van der Waals surface area contributed by atoms with Gasteiger partial charge in [0.05, 0.1) is 25.2 Å². The Kier molecular flexibility index (Phi) is 5.51. The Morgan fingerprint density at radius 3 is 2.53 bits per heavy atom. The minimum atomic E-state index is -3.54. The molecule has 0 radical (unpaired) electrons. The van der Waals surface area contributed by atoms with Crippen molar-refractivity contribution in [3.05, 3.63) is 59.7 Å². The number of hydrogen-bond acceptors (Lipinski definition) is 5. The van der Waals surface area contributed by atoms with Crippen molar-refractivity contribution in [1.82, 2.24) is 4.72 Å². The molecular weight excluding hydrogens is 400 g/mol. The third-order valence-electron chi connectivity index (χ3n) is 5.80. The van der Waals surface area contributed by atoms with E-state index >= 15 is 0 Å². The highest BCUT2D eigenvalue weighted by molar-refractivity contribution is 7.89. The minimum absolute atomic E-state index is 0.0913. The molecule has 0 saturated heterocycles. The summed E-state index contributed by atoms with van der Waals surface area (Å²) in [6.07, 6.45) is 5.31. The number of ether oxygens (including phenoxy) is 2. The van der Waals surface area contributed by atoms with Crippen LogP contribution in [0, 0.1) is 5.92 Å². The Labute approximate surface area is 178 Å². The van der Waals surface area contributed by atoms with Crippen molar-refractivity contribution in [2.75, 3.05) is 19.5 Å². The van der Waals surface area contributed by atoms with Gasteiger partial charge in [0.15, 0.2) is 11.5 Å². The molecule has 6 nitrogen and oxygen atoms in total. The summed E-state index contributed by atoms with van der Waals surface area (Å²) in [7, 11) is -0.271. The molecule has 2 N–H and O–H groups in total. The lowest BCUT2D eigenvalue weighted by Gasteiger charge is -2.38. The number of methoxy groups -OCH3 is 2. The van der Waals surface area contributed by atoms with E-state index in [1.807, 2.05) is 38.1 Å². The quantitative estimate of drug-likeness (QED) is 0.674. The summed E-state index contributed by atoms with van der Waals surface area (Å²) < 4.78 is 38.9. The van der Waals surface area contributed by atoms with Crippen LogP contribution in [0.25, 0.3) is 0 Å². The largest absolute Gasteiger partial charge is 0.493 e. The lowest BCUT2D eigenvalue weighted by Crippen LogP contribution is -2.31. The van der Waals surface area contributed by atoms with Gasteiger partial charge in [-0.25, -0.2) is 13.1 Å². The Bertz CT molecular complexity index is 1080. The van der Waals surface area contributed by atoms with Gasteiger partial charge in [0, 0.05) is 17.6 Å². The first-order valence-corrected chi connectivity index (χ1v) is 11.6. The average Bonchev–Trinajstić information content (AvgIpc) is 3.21. The maximum absolute atomic E-state index is 12.7. The molecule has 0 aromatic heterocycles. The van der Waals surface area contributed by atoms with Gasteiger partial charge in [0.2, 0.25) is 10.0 Å². The van der Waals surface area contributed by atoms with E-state index in [1.165, 1.54) is 0 Å². The molecule has 4 rings (SSSR count). The van der Waals surface area contributed by atoms with Gasteiger partial charge in [-0.1, -0.05) is 18.2 Å². The number of rotatable bonds is 6. The van der Waals surface area contributed by atoms with E-state index in [4.69, 9.17) is 9.47 Å². The molecule has 3 unspecified atom stereocenters. The second kappa shape index (κ2) is 7.96. The summed E-state index contributed by atoms with van der Waals surface area (Å²) in [5.41, 5.74) is 3.11. The van der Waals surface area contributed by atoms with Crippen LogP contribution in [0.2, 0.25) is 0 Å². The summed E-state index contributed by atoms with van der Waals surface area (Å²) in [4.78, 5) is 0.306. The van der Waals surface area contributed by atoms with Crippen molar-refractivity contribution in [2.24, 2.45) is 5.92 Å². The second-order valence-corrected chi connectivity index (χ2v) is 9.83. The van der Waals surface area contributed by atoms with E-state index < -0.39 is 10.0 Å². The van der Waals surface area contributed by atoms with Gasteiger partial charge in [0.1, 0.15) is 0 Å². The summed E-state index contributed by atoms with van der Waals surface area (Å²) >= 11 is 0. The van der Waals surface area contributed by atoms with Crippen molar-refractivity contribution in [3.8, 4) is 11.5 Å². The van der Waals surface area contributed by atoms with Gasteiger partial charge in [-0.2, -0.15) is 0 Å². The molecular formula is C23H28N2O4S. The Morgan fingerprint density at radius 1 is 1.07 bits per heavy atom. The second-order valence-electron chi connectivity index (χ2n) is 8.11. The zero-order valence-corrected chi connectivity index (χ0v) is 18.5. The van der Waals surface area contributed by atoms with E-state index in [9.17, 15) is 8.42 Å². The van der Waals surface area contributed by atoms with Crippen LogP contribution < -0.4 is 19.5 Å². The van der Waals surface area contributed by atoms with Crippen LogP contribution in [-0.4, -0.2) is 28.7 Å². The molecule has 0 amide bonds. The average molecular weight is 429 g/mol. The summed E-state index contributed by atoms with van der Waals surface area (Å²) in [5, 5.41) is 3.64. The van der Waals surface area contributed by atoms with Crippen LogP contribution in [0.5, 0.6) is 11.5 Å². The summed E-state index contributed by atoms with van der Waals surface area (Å²) in [6.45, 7) is 3.64. The van der Waals surface area contributed by atoms with Crippen molar-refractivity contribution in [3.63, 3.8) is 0 Å². The molecule has 0 bridgehead atoms. The monoisotopic (exact) mass is 428 g/mol. The van der Waals surface area contributed by atoms with Gasteiger partial charge in [-0.15, -0.1) is 0 Å². The highest BCUT2D eigenvalue weighted by atomic mass is 32.2. The predicted molar refractivity (Wildman–Crippen MR) is 118 cm³/mol. The smallest absolute Gasteiger partial charge is 0.240 e. The lowest BCUT2D eigenvalue weighted by atomic mass is 9.77. The molecule has 0 spiro atoms. The van der Waals surface area contributed by atoms with Crippen LogP contribution in [0.1, 0.15) is 43.4 Å². The highest BCUT2D eigenvalue weighted by Gasteiger charge is 2.38. The first-order valence-electron chi connectivity index (χ1n) is 10.2. The number of nitrogens with one attached hydrogen (secondary N) is 2. The summed E-state index contributed by atoms with van der Waals surface area (Å²) in [6, 6.07) is 11.3. The molecule has 1 aliphatic heterocycles. The third-order valence-corrected chi connectivity index (χ3v) is 7.46. The fourth-order valence-electron chi connectivity index (χ4n) is 4.49. The molecule has 2 aliphatic rings. The van der Waals surface area contributed by atoms with Crippen LogP contribution in [0.3, 0.4) is 0 Å². The van der Waals surface area contributed by atoms with Crippen LogP contribution in [0.15, 0.2) is 53.4 Å². The van der Waals surface area contributed by atoms with E-state index in [1.54, 1.807) is 20.3 Å². The van der Waals surface area contributed by atoms with E-state index in [0.29, 0.717) is 22.3 Å². The highest BCUT2D eigenvalue weighted by Crippen LogP contribution is 2.50. The molecule has 160 valence electrons. The molecule has 1 aliphatic carbocycles. The Hall–Kier alpha value is -2.51. The number of benzene rings is 2. The summed E-state index contributed by atoms with van der Waals surface area (Å²) in [5.74, 6) is 1.86. The molecule has 1 heterocycles. The van der Waals surface area contributed by atoms with Gasteiger partial charge in [-0.05, 0) is 67.6 Å². The third kappa shape index (κ3) is 3.68. The zero-order chi connectivity index (χ0) is 21.5. The fraction of sp³-hybridized carbons (Fsp3) is 0.391. The topological polar surface area (TPSA) is 76.7 Å². The maximum Gasteiger partial charge on any atom is 0.240 e. The molecule has 2 aromatic rings. The van der Waals surface area contributed by atoms with Crippen LogP contribution in [-0.2, 0) is 10.0 Å². The standard InChI is InChI=1S/C23H28N2O4S/c1-14(2)25-30(26,27)16-9-10-20-19(13-16)17-6-5-7-18(17)23(24-20)15-8-11-21(28-3)22(12-15)29-4/h5-6,8-14,17-18,23-25H,7H2,1-4H3. The van der Waals surface area contributed by atoms with Crippen molar-refractivity contribution in [2.45, 2.75) is 43.2 Å². The normalized spacial score (nSPS) is 22.4. The Balaban J connectivity index is 1.72. The van der Waals surface area contributed by atoms with Gasteiger partial charge < -0.3 is 14.8 Å². The number of fused-ring (bicyclic) bond motifs is 3. The van der Waals surface area contributed by atoms with Crippen LogP contribution in [0.4, 0.5) is 5.69 Å². The first kappa shape index (κ1) is 20.8. The number of anilines is 1. The molecule has 30 heavy (non-hydrogen) atoms. The van der Waals surface area contributed by atoms with Crippen molar-refractivity contribution >= 4 is 15.7 Å². The van der Waals surface area contributed by atoms with Gasteiger partial charge >= 0.3 is 0 Å². The predicted octanol–water partition coefficient (Wildman–Crippen LogP) is 4.22. The molecule has 7 heteroatoms. The molecule has 3 atom stereocenters. The number of allylic oxidation sites excluding steroid dienone is 2. The van der Waals surface area contributed by atoms with E-state index in [2.05, 4.69) is 28.3 Å². The van der Waals surface area contributed by atoms with Gasteiger partial charge in [-0.3, -0.25) is 0 Å². The lowest BCUT2D eigenvalue weighted by molar-refractivity contribution is 0.353. The maximum atomic E-state index is 12.7. The molecule has 2 aromatic carbocycles. The van der Waals surface area contributed by atoms with Gasteiger partial charge in [0.25, 0.3) is 0 Å².